The van der Waals surface area contributed by atoms with Crippen LogP contribution in [0, 0.1) is 17.3 Å². The molecule has 0 aliphatic rings. The fourth-order valence-electron chi connectivity index (χ4n) is 2.67. The molecule has 6 nitrogen and oxygen atoms in total. The van der Waals surface area contributed by atoms with Crippen LogP contribution in [-0.2, 0) is 4.74 Å². The van der Waals surface area contributed by atoms with Crippen LogP contribution in [0.25, 0.3) is 0 Å². The van der Waals surface area contributed by atoms with Gasteiger partial charge in [-0.1, -0.05) is 31.6 Å². The average Bonchev–Trinajstić information content (AvgIpc) is 2.75. The standard InChI is InChI=1S/C23H27F3N4O2Si/c1-28-19-14-20(31-10-11-32-23(25)26)17(27)13-16(19)22(29-2)30-18-8-6-7-15(21(18)24)9-12-33(3,4)5/h6-8,13-14,23H,1,10-11,27H2,2-5H3,(H,29,30). The zero-order valence-corrected chi connectivity index (χ0v) is 20.0. The molecule has 0 radical (unpaired) electrons. The van der Waals surface area contributed by atoms with E-state index in [2.05, 4.69) is 57.9 Å². The van der Waals surface area contributed by atoms with Crippen LogP contribution in [-0.4, -0.2) is 47.5 Å². The van der Waals surface area contributed by atoms with Crippen LogP contribution in [0.2, 0.25) is 19.6 Å². The minimum atomic E-state index is -2.88. The van der Waals surface area contributed by atoms with E-state index in [-0.39, 0.29) is 35.9 Å². The normalized spacial score (nSPS) is 11.7. The quantitative estimate of drug-likeness (QED) is 0.139. The molecule has 0 bridgehead atoms. The van der Waals surface area contributed by atoms with Gasteiger partial charge in [0.2, 0.25) is 0 Å². The second-order valence-corrected chi connectivity index (χ2v) is 12.7. The molecule has 0 aromatic heterocycles. The summed E-state index contributed by atoms with van der Waals surface area (Å²) in [7, 11) is -0.144. The Hall–Kier alpha value is -3.29. The molecule has 0 aliphatic carbocycles. The lowest BCUT2D eigenvalue weighted by molar-refractivity contribution is -0.133. The Morgan fingerprint density at radius 3 is 2.58 bits per heavy atom. The zero-order valence-electron chi connectivity index (χ0n) is 19.0. The maximum atomic E-state index is 15.1. The molecule has 176 valence electrons. The second kappa shape index (κ2) is 11.5. The number of hydrogen-bond acceptors (Lipinski definition) is 5. The summed E-state index contributed by atoms with van der Waals surface area (Å²) in [6, 6.07) is 7.93. The van der Waals surface area contributed by atoms with E-state index >= 15 is 4.39 Å². The lowest BCUT2D eigenvalue weighted by atomic mass is 10.1. The van der Waals surface area contributed by atoms with E-state index in [9.17, 15) is 8.78 Å². The minimum Gasteiger partial charge on any atom is -0.489 e. The van der Waals surface area contributed by atoms with E-state index in [1.807, 2.05) is 0 Å². The summed E-state index contributed by atoms with van der Waals surface area (Å²) in [5.41, 5.74) is 10.7. The van der Waals surface area contributed by atoms with E-state index in [1.54, 1.807) is 18.2 Å². The number of aliphatic imine (C=N–C) groups is 2. The van der Waals surface area contributed by atoms with Crippen LogP contribution in [0.4, 0.5) is 30.2 Å². The molecule has 0 spiro atoms. The van der Waals surface area contributed by atoms with E-state index in [1.165, 1.54) is 19.2 Å². The fourth-order valence-corrected chi connectivity index (χ4v) is 3.18. The van der Waals surface area contributed by atoms with Crippen LogP contribution in [0.5, 0.6) is 5.75 Å². The van der Waals surface area contributed by atoms with Crippen LogP contribution in [0.3, 0.4) is 0 Å². The van der Waals surface area contributed by atoms with Crippen LogP contribution >= 0.6 is 0 Å². The van der Waals surface area contributed by atoms with Crippen molar-refractivity contribution in [1.82, 2.24) is 0 Å². The molecule has 0 amide bonds. The van der Waals surface area contributed by atoms with Gasteiger partial charge in [-0.15, -0.1) is 5.54 Å². The molecule has 0 saturated carbocycles. The maximum absolute atomic E-state index is 15.1. The maximum Gasteiger partial charge on any atom is 0.345 e. The minimum absolute atomic E-state index is 0.131. The third-order valence-electron chi connectivity index (χ3n) is 4.19. The number of hydrogen-bond donors (Lipinski definition) is 2. The SMILES string of the molecule is C=Nc1cc(OCCOC(F)F)c(N)cc1C(=NC)Nc1cccc(C#C[Si](C)(C)C)c1F. The Morgan fingerprint density at radius 2 is 1.97 bits per heavy atom. The number of anilines is 2. The number of nitrogens with one attached hydrogen (secondary N) is 1. The highest BCUT2D eigenvalue weighted by Crippen LogP contribution is 2.32. The monoisotopic (exact) mass is 476 g/mol. The summed E-state index contributed by atoms with van der Waals surface area (Å²) in [4.78, 5) is 8.17. The number of ether oxygens (including phenoxy) is 2. The number of benzene rings is 2. The van der Waals surface area contributed by atoms with Crippen LogP contribution in [0.15, 0.2) is 40.3 Å². The van der Waals surface area contributed by atoms with Crippen molar-refractivity contribution >= 4 is 37.7 Å². The number of alkyl halides is 2. The number of nitrogens with zero attached hydrogens (tertiary/aromatic N) is 2. The average molecular weight is 477 g/mol. The van der Waals surface area contributed by atoms with E-state index in [0.717, 1.165) is 0 Å². The Labute approximate surface area is 192 Å². The fraction of sp³-hybridized carbons (Fsp3) is 0.304. The predicted molar refractivity (Wildman–Crippen MR) is 130 cm³/mol. The van der Waals surface area contributed by atoms with Crippen molar-refractivity contribution in [3.63, 3.8) is 0 Å². The molecule has 0 aliphatic heterocycles. The van der Waals surface area contributed by atoms with Crippen molar-refractivity contribution in [2.45, 2.75) is 26.3 Å². The first-order valence-electron chi connectivity index (χ1n) is 10.0. The smallest absolute Gasteiger partial charge is 0.345 e. The van der Waals surface area contributed by atoms with Crippen molar-refractivity contribution in [2.75, 3.05) is 31.3 Å². The summed E-state index contributed by atoms with van der Waals surface area (Å²) >= 11 is 0. The van der Waals surface area contributed by atoms with Gasteiger partial charge in [0.15, 0.2) is 5.82 Å². The lowest BCUT2D eigenvalue weighted by Crippen LogP contribution is -2.17. The molecule has 33 heavy (non-hydrogen) atoms. The van der Waals surface area contributed by atoms with Gasteiger partial charge < -0.3 is 20.5 Å². The Kier molecular flexibility index (Phi) is 9.08. The van der Waals surface area contributed by atoms with Gasteiger partial charge in [0.1, 0.15) is 26.3 Å². The second-order valence-electron chi connectivity index (χ2n) is 7.91. The summed E-state index contributed by atoms with van der Waals surface area (Å²) < 4.78 is 48.8. The van der Waals surface area contributed by atoms with E-state index in [4.69, 9.17) is 10.5 Å². The van der Waals surface area contributed by atoms with Crippen molar-refractivity contribution in [1.29, 1.82) is 0 Å². The molecule has 2 aromatic rings. The van der Waals surface area contributed by atoms with E-state index < -0.39 is 20.5 Å². The van der Waals surface area contributed by atoms with Gasteiger partial charge in [-0.25, -0.2) is 4.39 Å². The highest BCUT2D eigenvalue weighted by molar-refractivity contribution is 6.83. The van der Waals surface area contributed by atoms with E-state index in [0.29, 0.717) is 17.1 Å². The summed E-state index contributed by atoms with van der Waals surface area (Å²) in [6.07, 6.45) is 0. The molecule has 0 saturated heterocycles. The van der Waals surface area contributed by atoms with Gasteiger partial charge in [-0.05, 0) is 24.9 Å². The molecule has 0 fully saturated rings. The van der Waals surface area contributed by atoms with Gasteiger partial charge in [-0.2, -0.15) is 8.78 Å². The molecular formula is C23H27F3N4O2Si. The van der Waals surface area contributed by atoms with Gasteiger partial charge >= 0.3 is 6.61 Å². The molecular weight excluding hydrogens is 449 g/mol. The Balaban J connectivity index is 2.31. The first-order chi connectivity index (χ1) is 15.6. The van der Waals surface area contributed by atoms with Crippen molar-refractivity contribution in [2.24, 2.45) is 9.98 Å². The highest BCUT2D eigenvalue weighted by atomic mass is 28.3. The topological polar surface area (TPSA) is 81.2 Å². The van der Waals surface area contributed by atoms with Crippen LogP contribution < -0.4 is 15.8 Å². The lowest BCUT2D eigenvalue weighted by Gasteiger charge is -2.16. The summed E-state index contributed by atoms with van der Waals surface area (Å²) in [5.74, 6) is 2.96. The van der Waals surface area contributed by atoms with Crippen LogP contribution in [0.1, 0.15) is 11.1 Å². The third kappa shape index (κ3) is 7.66. The first-order valence-corrected chi connectivity index (χ1v) is 13.5. The molecule has 2 rings (SSSR count). The first kappa shape index (κ1) is 26.0. The molecule has 0 unspecified atom stereocenters. The molecule has 2 aromatic carbocycles. The number of halogens is 3. The Bertz CT molecular complexity index is 1090. The summed E-state index contributed by atoms with van der Waals surface area (Å²) in [6.45, 7) is 6.46. The molecule has 10 heteroatoms. The van der Waals surface area contributed by atoms with Gasteiger partial charge in [0, 0.05) is 18.7 Å². The molecule has 0 atom stereocenters. The number of rotatable bonds is 8. The third-order valence-corrected chi connectivity index (χ3v) is 5.06. The Morgan fingerprint density at radius 1 is 1.24 bits per heavy atom. The van der Waals surface area contributed by atoms with Crippen molar-refractivity contribution < 1.29 is 22.6 Å². The van der Waals surface area contributed by atoms with Gasteiger partial charge in [0.25, 0.3) is 0 Å². The molecule has 3 N–H and O–H groups in total. The van der Waals surface area contributed by atoms with Gasteiger partial charge in [-0.3, -0.25) is 9.98 Å². The predicted octanol–water partition coefficient (Wildman–Crippen LogP) is 5.08. The summed E-state index contributed by atoms with van der Waals surface area (Å²) in [5, 5.41) is 2.97. The molecule has 0 heterocycles. The van der Waals surface area contributed by atoms with Gasteiger partial charge in [0.05, 0.1) is 29.2 Å². The van der Waals surface area contributed by atoms with Crippen molar-refractivity contribution in [3.8, 4) is 17.2 Å². The van der Waals surface area contributed by atoms with Crippen molar-refractivity contribution in [3.05, 3.63) is 47.3 Å². The number of nitrogens with two attached hydrogens (primary N) is 1. The highest BCUT2D eigenvalue weighted by Gasteiger charge is 2.16. The number of nitrogen functional groups attached to an aromatic ring is 1. The number of amidine groups is 1. The largest absolute Gasteiger partial charge is 0.489 e. The zero-order chi connectivity index (χ0) is 24.6.